The summed E-state index contributed by atoms with van der Waals surface area (Å²) in [5.41, 5.74) is 1.15. The molecule has 3 heteroatoms. The van der Waals surface area contributed by atoms with Gasteiger partial charge in [0.2, 0.25) is 0 Å². The summed E-state index contributed by atoms with van der Waals surface area (Å²) in [6.07, 6.45) is 1.67. The Kier molecular flexibility index (Phi) is 4.40. The lowest BCUT2D eigenvalue weighted by atomic mass is 9.92. The zero-order valence-corrected chi connectivity index (χ0v) is 11.4. The molecular formula is C14H22N2O. The van der Waals surface area contributed by atoms with Crippen molar-refractivity contribution < 1.29 is 4.79 Å². The van der Waals surface area contributed by atoms with E-state index in [-0.39, 0.29) is 5.78 Å². The predicted molar refractivity (Wildman–Crippen MR) is 70.3 cm³/mol. The molecule has 0 radical (unpaired) electrons. The first kappa shape index (κ1) is 13.8. The molecule has 17 heavy (non-hydrogen) atoms. The summed E-state index contributed by atoms with van der Waals surface area (Å²) in [4.78, 5) is 18.8. The number of hydrogen-bond acceptors (Lipinski definition) is 3. The number of nitrogens with zero attached hydrogens (tertiary/aromatic N) is 2. The molecule has 1 rings (SSSR count). The van der Waals surface area contributed by atoms with E-state index in [2.05, 4.69) is 23.7 Å². The standard InChI is InChI=1S/C14H22N2O/c1-6-16(7-2)14(4,5)13(17)12-9-8-11(3)15-10-12/h8-10H,6-7H2,1-5H3. The summed E-state index contributed by atoms with van der Waals surface area (Å²) >= 11 is 0. The van der Waals surface area contributed by atoms with Crippen molar-refractivity contribution in [3.63, 3.8) is 0 Å². The highest BCUT2D eigenvalue weighted by Gasteiger charge is 2.33. The number of aromatic nitrogens is 1. The van der Waals surface area contributed by atoms with Gasteiger partial charge in [0.05, 0.1) is 5.54 Å². The third-order valence-electron chi connectivity index (χ3n) is 3.28. The summed E-state index contributed by atoms with van der Waals surface area (Å²) in [5.74, 6) is 0.133. The van der Waals surface area contributed by atoms with Crippen LogP contribution in [0.5, 0.6) is 0 Å². The molecule has 0 spiro atoms. The number of carbonyl (C=O) groups is 1. The molecule has 0 fully saturated rings. The molecular weight excluding hydrogens is 212 g/mol. The Balaban J connectivity index is 2.99. The van der Waals surface area contributed by atoms with Crippen LogP contribution in [0.25, 0.3) is 0 Å². The van der Waals surface area contributed by atoms with E-state index >= 15 is 0 Å². The number of hydrogen-bond donors (Lipinski definition) is 0. The zero-order chi connectivity index (χ0) is 13.1. The number of Topliss-reactive ketones (excluding diaryl/α,β-unsaturated/α-hetero) is 1. The minimum Gasteiger partial charge on any atom is -0.292 e. The molecule has 1 heterocycles. The molecule has 0 aliphatic rings. The Morgan fingerprint density at radius 2 is 1.88 bits per heavy atom. The fraction of sp³-hybridized carbons (Fsp3) is 0.571. The predicted octanol–water partition coefficient (Wildman–Crippen LogP) is 2.69. The first-order valence-electron chi connectivity index (χ1n) is 6.16. The number of ketones is 1. The summed E-state index contributed by atoms with van der Waals surface area (Å²) < 4.78 is 0. The van der Waals surface area contributed by atoms with Crippen LogP contribution in [0.4, 0.5) is 0 Å². The first-order valence-corrected chi connectivity index (χ1v) is 6.16. The van der Waals surface area contributed by atoms with E-state index in [1.807, 2.05) is 32.9 Å². The van der Waals surface area contributed by atoms with E-state index in [1.54, 1.807) is 6.20 Å². The second-order valence-electron chi connectivity index (χ2n) is 4.75. The lowest BCUT2D eigenvalue weighted by Crippen LogP contribution is -2.49. The maximum absolute atomic E-state index is 12.5. The third-order valence-corrected chi connectivity index (χ3v) is 3.28. The minimum atomic E-state index is -0.472. The van der Waals surface area contributed by atoms with E-state index in [4.69, 9.17) is 0 Å². The highest BCUT2D eigenvalue weighted by Crippen LogP contribution is 2.20. The van der Waals surface area contributed by atoms with Gasteiger partial charge in [0.1, 0.15) is 0 Å². The normalized spacial score (nSPS) is 11.9. The lowest BCUT2D eigenvalue weighted by Gasteiger charge is -2.35. The maximum Gasteiger partial charge on any atom is 0.184 e. The van der Waals surface area contributed by atoms with Gasteiger partial charge in [-0.3, -0.25) is 14.7 Å². The second-order valence-corrected chi connectivity index (χ2v) is 4.75. The van der Waals surface area contributed by atoms with Gasteiger partial charge < -0.3 is 0 Å². The van der Waals surface area contributed by atoms with Gasteiger partial charge in [0.15, 0.2) is 5.78 Å². The van der Waals surface area contributed by atoms with Gasteiger partial charge in [-0.2, -0.15) is 0 Å². The average molecular weight is 234 g/mol. The third kappa shape index (κ3) is 2.91. The summed E-state index contributed by atoms with van der Waals surface area (Å²) in [6, 6.07) is 3.74. The molecule has 0 saturated carbocycles. The van der Waals surface area contributed by atoms with E-state index in [0.717, 1.165) is 18.8 Å². The van der Waals surface area contributed by atoms with Crippen molar-refractivity contribution in [2.24, 2.45) is 0 Å². The SMILES string of the molecule is CCN(CC)C(C)(C)C(=O)c1ccc(C)nc1. The number of aryl methyl sites for hydroxylation is 1. The molecule has 0 bridgehead atoms. The van der Waals surface area contributed by atoms with Crippen LogP contribution in [0.1, 0.15) is 43.7 Å². The van der Waals surface area contributed by atoms with Crippen molar-refractivity contribution in [1.82, 2.24) is 9.88 Å². The van der Waals surface area contributed by atoms with Gasteiger partial charge in [0, 0.05) is 17.5 Å². The Morgan fingerprint density at radius 3 is 2.29 bits per heavy atom. The first-order chi connectivity index (χ1) is 7.93. The Bertz CT molecular complexity index is 378. The zero-order valence-electron chi connectivity index (χ0n) is 11.4. The molecule has 1 aromatic rings. The molecule has 0 unspecified atom stereocenters. The maximum atomic E-state index is 12.5. The van der Waals surface area contributed by atoms with Crippen LogP contribution in [0.3, 0.4) is 0 Å². The summed E-state index contributed by atoms with van der Waals surface area (Å²) in [6.45, 7) is 11.8. The molecule has 0 amide bonds. The largest absolute Gasteiger partial charge is 0.292 e. The molecule has 3 nitrogen and oxygen atoms in total. The molecule has 0 saturated heterocycles. The number of likely N-dealkylation sites (N-methyl/N-ethyl adjacent to an activating group) is 1. The van der Waals surface area contributed by atoms with Gasteiger partial charge >= 0.3 is 0 Å². The molecule has 0 aromatic carbocycles. The second kappa shape index (κ2) is 5.41. The number of carbonyl (C=O) groups excluding carboxylic acids is 1. The Labute approximate surface area is 104 Å². The van der Waals surface area contributed by atoms with Crippen molar-refractivity contribution in [1.29, 1.82) is 0 Å². The molecule has 94 valence electrons. The van der Waals surface area contributed by atoms with Crippen LogP contribution >= 0.6 is 0 Å². The van der Waals surface area contributed by atoms with Crippen LogP contribution in [-0.2, 0) is 0 Å². The molecule has 0 N–H and O–H groups in total. The van der Waals surface area contributed by atoms with Gasteiger partial charge in [-0.1, -0.05) is 13.8 Å². The van der Waals surface area contributed by atoms with Crippen molar-refractivity contribution in [3.8, 4) is 0 Å². The minimum absolute atomic E-state index is 0.133. The van der Waals surface area contributed by atoms with Gasteiger partial charge in [-0.05, 0) is 46.0 Å². The van der Waals surface area contributed by atoms with Crippen molar-refractivity contribution >= 4 is 5.78 Å². The molecule has 0 aliphatic carbocycles. The van der Waals surface area contributed by atoms with Gasteiger partial charge in [-0.25, -0.2) is 0 Å². The van der Waals surface area contributed by atoms with Crippen LogP contribution in [-0.4, -0.2) is 34.3 Å². The molecule has 1 aromatic heterocycles. The fourth-order valence-corrected chi connectivity index (χ4v) is 2.11. The Morgan fingerprint density at radius 1 is 1.29 bits per heavy atom. The van der Waals surface area contributed by atoms with Crippen molar-refractivity contribution in [3.05, 3.63) is 29.6 Å². The van der Waals surface area contributed by atoms with Crippen molar-refractivity contribution in [2.75, 3.05) is 13.1 Å². The van der Waals surface area contributed by atoms with E-state index in [1.165, 1.54) is 0 Å². The van der Waals surface area contributed by atoms with E-state index in [9.17, 15) is 4.79 Å². The highest BCUT2D eigenvalue weighted by atomic mass is 16.1. The van der Waals surface area contributed by atoms with Crippen molar-refractivity contribution in [2.45, 2.75) is 40.2 Å². The van der Waals surface area contributed by atoms with Crippen LogP contribution < -0.4 is 0 Å². The summed E-state index contributed by atoms with van der Waals surface area (Å²) in [5, 5.41) is 0. The smallest absolute Gasteiger partial charge is 0.184 e. The van der Waals surface area contributed by atoms with E-state index in [0.29, 0.717) is 5.56 Å². The average Bonchev–Trinajstić information content (AvgIpc) is 2.30. The highest BCUT2D eigenvalue weighted by molar-refractivity contribution is 6.02. The number of rotatable bonds is 5. The van der Waals surface area contributed by atoms with Crippen LogP contribution in [0.2, 0.25) is 0 Å². The van der Waals surface area contributed by atoms with E-state index < -0.39 is 5.54 Å². The molecule has 0 aliphatic heterocycles. The van der Waals surface area contributed by atoms with Crippen LogP contribution in [0.15, 0.2) is 18.3 Å². The fourth-order valence-electron chi connectivity index (χ4n) is 2.11. The molecule has 0 atom stereocenters. The van der Waals surface area contributed by atoms with Crippen LogP contribution in [0, 0.1) is 6.92 Å². The quantitative estimate of drug-likeness (QED) is 0.734. The Hall–Kier alpha value is -1.22. The lowest BCUT2D eigenvalue weighted by molar-refractivity contribution is 0.0668. The summed E-state index contributed by atoms with van der Waals surface area (Å²) in [7, 11) is 0. The van der Waals surface area contributed by atoms with Gasteiger partial charge in [0.25, 0.3) is 0 Å². The topological polar surface area (TPSA) is 33.2 Å². The van der Waals surface area contributed by atoms with Gasteiger partial charge in [-0.15, -0.1) is 0 Å². The monoisotopic (exact) mass is 234 g/mol. The number of pyridine rings is 1.